The fraction of sp³-hybridized carbons (Fsp3) is 0.368. The monoisotopic (exact) mass is 342 g/mol. The predicted octanol–water partition coefficient (Wildman–Crippen LogP) is 3.49. The molecular weight excluding hydrogens is 320 g/mol. The van der Waals surface area contributed by atoms with Crippen molar-refractivity contribution in [1.82, 2.24) is 5.32 Å². The third-order valence-electron chi connectivity index (χ3n) is 4.45. The lowest BCUT2D eigenvalue weighted by atomic mass is 9.95. The van der Waals surface area contributed by atoms with Crippen molar-refractivity contribution in [3.05, 3.63) is 51.7 Å². The molecule has 0 radical (unpaired) electrons. The maximum atomic E-state index is 12.2. The van der Waals surface area contributed by atoms with Gasteiger partial charge in [-0.3, -0.25) is 9.59 Å². The second kappa shape index (κ2) is 7.62. The van der Waals surface area contributed by atoms with E-state index in [2.05, 4.69) is 29.0 Å². The lowest BCUT2D eigenvalue weighted by molar-refractivity contribution is -0.121. The van der Waals surface area contributed by atoms with Crippen LogP contribution in [0.4, 0.5) is 5.69 Å². The summed E-state index contributed by atoms with van der Waals surface area (Å²) >= 11 is 1.65. The van der Waals surface area contributed by atoms with Crippen LogP contribution in [-0.4, -0.2) is 18.4 Å². The Balaban J connectivity index is 1.50. The molecule has 4 nitrogen and oxygen atoms in total. The first-order valence-corrected chi connectivity index (χ1v) is 9.33. The highest BCUT2D eigenvalue weighted by Crippen LogP contribution is 2.35. The van der Waals surface area contributed by atoms with Crippen molar-refractivity contribution in [3.8, 4) is 0 Å². The van der Waals surface area contributed by atoms with Gasteiger partial charge in [0.25, 0.3) is 0 Å². The van der Waals surface area contributed by atoms with Crippen molar-refractivity contribution in [2.24, 2.45) is 0 Å². The minimum atomic E-state index is -0.163. The summed E-state index contributed by atoms with van der Waals surface area (Å²) in [4.78, 5) is 24.1. The summed E-state index contributed by atoms with van der Waals surface area (Å²) < 4.78 is 0. The van der Waals surface area contributed by atoms with Crippen LogP contribution < -0.4 is 10.6 Å². The molecule has 5 heteroatoms. The van der Waals surface area contributed by atoms with Crippen molar-refractivity contribution in [2.45, 2.75) is 38.5 Å². The van der Waals surface area contributed by atoms with Crippen LogP contribution >= 0.6 is 11.3 Å². The minimum Gasteiger partial charge on any atom is -0.356 e. The molecule has 2 N–H and O–H groups in total. The molecule has 1 aliphatic rings. The van der Waals surface area contributed by atoms with Crippen LogP contribution in [0.1, 0.15) is 42.4 Å². The van der Waals surface area contributed by atoms with Crippen molar-refractivity contribution in [1.29, 1.82) is 0 Å². The van der Waals surface area contributed by atoms with Gasteiger partial charge in [0.1, 0.15) is 0 Å². The van der Waals surface area contributed by atoms with E-state index in [9.17, 15) is 9.59 Å². The highest BCUT2D eigenvalue weighted by molar-refractivity contribution is 7.07. The standard InChI is InChI=1S/C19H22N2O2S/c1-2-13-3-5-17-16(11-13)15(19(23)21-17)7-9-20-18(22)6-4-14-8-10-24-12-14/h3,5,8,10-12,15H,2,4,6-7,9H2,1H3,(H,20,22)(H,21,23)/t15-/m0/s1. The summed E-state index contributed by atoms with van der Waals surface area (Å²) in [6.45, 7) is 2.63. The first-order chi connectivity index (χ1) is 11.7. The number of aryl methyl sites for hydroxylation is 2. The third kappa shape index (κ3) is 3.85. The number of fused-ring (bicyclic) bond motifs is 1. The summed E-state index contributed by atoms with van der Waals surface area (Å²) in [5.74, 6) is -0.0865. The van der Waals surface area contributed by atoms with Gasteiger partial charge >= 0.3 is 0 Å². The van der Waals surface area contributed by atoms with Gasteiger partial charge < -0.3 is 10.6 Å². The van der Waals surface area contributed by atoms with Gasteiger partial charge in [0.15, 0.2) is 0 Å². The van der Waals surface area contributed by atoms with E-state index in [1.165, 1.54) is 11.1 Å². The number of hydrogen-bond acceptors (Lipinski definition) is 3. The Morgan fingerprint density at radius 2 is 2.17 bits per heavy atom. The van der Waals surface area contributed by atoms with Crippen molar-refractivity contribution < 1.29 is 9.59 Å². The zero-order valence-corrected chi connectivity index (χ0v) is 14.6. The van der Waals surface area contributed by atoms with Crippen LogP contribution in [0.3, 0.4) is 0 Å². The molecule has 1 atom stereocenters. The number of hydrogen-bond donors (Lipinski definition) is 2. The fourth-order valence-electron chi connectivity index (χ4n) is 3.02. The van der Waals surface area contributed by atoms with E-state index in [0.717, 1.165) is 24.1 Å². The Labute approximate surface area is 146 Å². The number of thiophene rings is 1. The maximum absolute atomic E-state index is 12.2. The van der Waals surface area contributed by atoms with Crippen LogP contribution in [0.25, 0.3) is 0 Å². The maximum Gasteiger partial charge on any atom is 0.232 e. The predicted molar refractivity (Wildman–Crippen MR) is 97.5 cm³/mol. The quantitative estimate of drug-likeness (QED) is 0.809. The van der Waals surface area contributed by atoms with E-state index < -0.39 is 0 Å². The van der Waals surface area contributed by atoms with Crippen molar-refractivity contribution >= 4 is 28.8 Å². The Bertz CT molecular complexity index is 725. The molecule has 0 saturated heterocycles. The zero-order valence-electron chi connectivity index (χ0n) is 13.8. The number of amides is 2. The summed E-state index contributed by atoms with van der Waals surface area (Å²) in [7, 11) is 0. The molecule has 0 saturated carbocycles. The molecule has 0 aliphatic carbocycles. The second-order valence-electron chi connectivity index (χ2n) is 6.09. The first kappa shape index (κ1) is 16.7. The number of benzene rings is 1. The molecule has 2 heterocycles. The van der Waals surface area contributed by atoms with Gasteiger partial charge in [0.05, 0.1) is 5.92 Å². The third-order valence-corrected chi connectivity index (χ3v) is 5.18. The van der Waals surface area contributed by atoms with E-state index in [1.54, 1.807) is 11.3 Å². The first-order valence-electron chi connectivity index (χ1n) is 8.39. The van der Waals surface area contributed by atoms with Gasteiger partial charge in [-0.2, -0.15) is 11.3 Å². The molecular formula is C19H22N2O2S. The van der Waals surface area contributed by atoms with E-state index in [4.69, 9.17) is 0 Å². The molecule has 126 valence electrons. The smallest absolute Gasteiger partial charge is 0.232 e. The number of carbonyl (C=O) groups is 2. The molecule has 0 bridgehead atoms. The van der Waals surface area contributed by atoms with Gasteiger partial charge in [-0.25, -0.2) is 0 Å². The fourth-order valence-corrected chi connectivity index (χ4v) is 3.72. The molecule has 0 unspecified atom stereocenters. The number of anilines is 1. The summed E-state index contributed by atoms with van der Waals surface area (Å²) in [5, 5.41) is 9.96. The Morgan fingerprint density at radius 3 is 2.92 bits per heavy atom. The van der Waals surface area contributed by atoms with Gasteiger partial charge in [-0.15, -0.1) is 0 Å². The molecule has 2 aromatic rings. The Morgan fingerprint density at radius 1 is 1.29 bits per heavy atom. The normalized spacial score (nSPS) is 15.9. The summed E-state index contributed by atoms with van der Waals surface area (Å²) in [5.41, 5.74) is 4.40. The SMILES string of the molecule is CCc1ccc2c(c1)[C@H](CCNC(=O)CCc1ccsc1)C(=O)N2. The Kier molecular flexibility index (Phi) is 5.30. The summed E-state index contributed by atoms with van der Waals surface area (Å²) in [6, 6.07) is 8.18. The average Bonchev–Trinajstić information content (AvgIpc) is 3.20. The number of carbonyl (C=O) groups excluding carboxylic acids is 2. The lowest BCUT2D eigenvalue weighted by Crippen LogP contribution is -2.27. The topological polar surface area (TPSA) is 58.2 Å². The molecule has 24 heavy (non-hydrogen) atoms. The molecule has 0 spiro atoms. The highest BCUT2D eigenvalue weighted by atomic mass is 32.1. The largest absolute Gasteiger partial charge is 0.356 e. The summed E-state index contributed by atoms with van der Waals surface area (Å²) in [6.07, 6.45) is 2.84. The van der Waals surface area contributed by atoms with Crippen molar-refractivity contribution in [2.75, 3.05) is 11.9 Å². The number of nitrogens with one attached hydrogen (secondary N) is 2. The van der Waals surface area contributed by atoms with Gasteiger partial charge in [0.2, 0.25) is 11.8 Å². The lowest BCUT2D eigenvalue weighted by Gasteiger charge is -2.11. The van der Waals surface area contributed by atoms with Gasteiger partial charge in [0, 0.05) is 18.7 Å². The molecule has 1 aromatic carbocycles. The van der Waals surface area contributed by atoms with Gasteiger partial charge in [-0.05, 0) is 58.8 Å². The van der Waals surface area contributed by atoms with E-state index in [0.29, 0.717) is 19.4 Å². The van der Waals surface area contributed by atoms with Crippen LogP contribution in [0.15, 0.2) is 35.0 Å². The molecule has 3 rings (SSSR count). The molecule has 2 amide bonds. The molecule has 1 aliphatic heterocycles. The number of rotatable bonds is 7. The van der Waals surface area contributed by atoms with Gasteiger partial charge in [-0.1, -0.05) is 19.1 Å². The molecule has 0 fully saturated rings. The molecule has 1 aromatic heterocycles. The second-order valence-corrected chi connectivity index (χ2v) is 6.87. The Hall–Kier alpha value is -2.14. The average molecular weight is 342 g/mol. The van der Waals surface area contributed by atoms with Crippen LogP contribution in [0.2, 0.25) is 0 Å². The van der Waals surface area contributed by atoms with Crippen molar-refractivity contribution in [3.63, 3.8) is 0 Å². The van der Waals surface area contributed by atoms with Crippen LogP contribution in [-0.2, 0) is 22.4 Å². The highest BCUT2D eigenvalue weighted by Gasteiger charge is 2.30. The van der Waals surface area contributed by atoms with E-state index >= 15 is 0 Å². The minimum absolute atomic E-state index is 0.0331. The van der Waals surface area contributed by atoms with E-state index in [1.807, 2.05) is 23.6 Å². The van der Waals surface area contributed by atoms with Crippen LogP contribution in [0.5, 0.6) is 0 Å². The van der Waals surface area contributed by atoms with E-state index in [-0.39, 0.29) is 17.7 Å². The van der Waals surface area contributed by atoms with Crippen LogP contribution in [0, 0.1) is 0 Å². The zero-order chi connectivity index (χ0) is 16.9.